The molecule has 2 atom stereocenters. The van der Waals surface area contributed by atoms with Crippen molar-refractivity contribution in [3.63, 3.8) is 0 Å². The molecule has 2 aliphatic rings. The Labute approximate surface area is 200 Å². The number of nitrogens with one attached hydrogen (secondary N) is 1. The molecule has 0 spiro atoms. The van der Waals surface area contributed by atoms with Gasteiger partial charge in [0, 0.05) is 26.1 Å². The highest BCUT2D eigenvalue weighted by Gasteiger charge is 2.44. The molecule has 0 radical (unpaired) electrons. The minimum Gasteiger partial charge on any atom is -0.424 e. The molecule has 15 heteroatoms. The van der Waals surface area contributed by atoms with Crippen LogP contribution in [0.3, 0.4) is 0 Å². The van der Waals surface area contributed by atoms with Crippen LogP contribution in [0.1, 0.15) is 24.3 Å². The number of piperidine rings is 1. The maximum atomic E-state index is 13.1. The lowest BCUT2D eigenvalue weighted by atomic mass is 9.92. The number of ether oxygens (including phenoxy) is 1. The number of aromatic nitrogens is 5. The number of benzene rings is 1. The minimum absolute atomic E-state index is 0.0924. The third-order valence-corrected chi connectivity index (χ3v) is 6.25. The Kier molecular flexibility index (Phi) is 5.95. The first-order valence-electron chi connectivity index (χ1n) is 11.1. The summed E-state index contributed by atoms with van der Waals surface area (Å²) in [4.78, 5) is 6.02. The first kappa shape index (κ1) is 24.2. The van der Waals surface area contributed by atoms with Gasteiger partial charge in [-0.1, -0.05) is 11.2 Å². The molecule has 2 fully saturated rings. The predicted molar refractivity (Wildman–Crippen MR) is 112 cm³/mol. The van der Waals surface area contributed by atoms with E-state index in [0.29, 0.717) is 35.7 Å². The summed E-state index contributed by atoms with van der Waals surface area (Å²) in [5, 5.41) is 14.9. The molecule has 1 saturated heterocycles. The monoisotopic (exact) mass is 517 g/mol. The molecule has 0 amide bonds. The van der Waals surface area contributed by atoms with E-state index in [1.807, 2.05) is 4.90 Å². The molecular formula is C21H21F6N7O2. The number of halogens is 6. The van der Waals surface area contributed by atoms with Gasteiger partial charge in [0.05, 0.1) is 5.56 Å². The van der Waals surface area contributed by atoms with Crippen LogP contribution >= 0.6 is 0 Å². The lowest BCUT2D eigenvalue weighted by Gasteiger charge is -2.37. The van der Waals surface area contributed by atoms with Gasteiger partial charge in [0.2, 0.25) is 11.8 Å². The summed E-state index contributed by atoms with van der Waals surface area (Å²) in [6.45, 7) is 1.39. The summed E-state index contributed by atoms with van der Waals surface area (Å²) in [7, 11) is 0. The molecule has 2 aromatic heterocycles. The van der Waals surface area contributed by atoms with Crippen molar-refractivity contribution < 1.29 is 35.5 Å². The van der Waals surface area contributed by atoms with E-state index in [-0.39, 0.29) is 29.6 Å². The lowest BCUT2D eigenvalue weighted by Crippen LogP contribution is -2.48. The van der Waals surface area contributed by atoms with Crippen LogP contribution in [0.25, 0.3) is 0 Å². The summed E-state index contributed by atoms with van der Waals surface area (Å²) >= 11 is 0. The van der Waals surface area contributed by atoms with Crippen LogP contribution in [0, 0.1) is 18.8 Å². The Morgan fingerprint density at radius 3 is 2.42 bits per heavy atom. The molecule has 1 aliphatic carbocycles. The van der Waals surface area contributed by atoms with Crippen LogP contribution in [-0.4, -0.2) is 50.3 Å². The number of rotatable bonds is 6. The van der Waals surface area contributed by atoms with Crippen LogP contribution in [0.15, 0.2) is 28.7 Å². The topological polar surface area (TPSA) is 94.1 Å². The minimum atomic E-state index is -4.65. The van der Waals surface area contributed by atoms with Gasteiger partial charge in [-0.05, 0) is 42.9 Å². The van der Waals surface area contributed by atoms with Gasteiger partial charge in [0.25, 0.3) is 0 Å². The maximum Gasteiger partial charge on any atom is 0.416 e. The molecule has 36 heavy (non-hydrogen) atoms. The van der Waals surface area contributed by atoms with E-state index in [4.69, 9.17) is 9.15 Å². The number of anilines is 2. The normalized spacial score (nSPS) is 22.2. The average molecular weight is 517 g/mol. The third kappa shape index (κ3) is 5.18. The van der Waals surface area contributed by atoms with Crippen LogP contribution in [-0.2, 0) is 12.7 Å². The quantitative estimate of drug-likeness (QED) is 0.472. The zero-order valence-electron chi connectivity index (χ0n) is 18.8. The number of hydrogen-bond acceptors (Lipinski definition) is 8. The van der Waals surface area contributed by atoms with Crippen LogP contribution < -0.4 is 15.0 Å². The Morgan fingerprint density at radius 2 is 1.81 bits per heavy atom. The average Bonchev–Trinajstić information content (AvgIpc) is 3.43. The number of aryl methyl sites for hydroxylation is 1. The highest BCUT2D eigenvalue weighted by Crippen LogP contribution is 2.40. The number of hydrogen-bond donors (Lipinski definition) is 1. The summed E-state index contributed by atoms with van der Waals surface area (Å²) in [6.07, 6.45) is -7.53. The molecule has 2 unspecified atom stereocenters. The summed E-state index contributed by atoms with van der Waals surface area (Å²) in [6, 6.07) is 3.55. The second kappa shape index (κ2) is 8.85. The van der Waals surface area contributed by atoms with Gasteiger partial charge in [-0.2, -0.15) is 31.3 Å². The van der Waals surface area contributed by atoms with Crippen molar-refractivity contribution in [1.29, 1.82) is 0 Å². The van der Waals surface area contributed by atoms with E-state index in [1.165, 1.54) is 6.07 Å². The standard InChI is InChI=1S/C21H21F6N7O2/c1-11-30-31-19(35-11)33-8-12-5-6-13(9-33)16(12)28-17-29-18(34(32-17)10-20(22,23)24)36-15-4-2-3-14(7-15)21(25,26)27/h2-4,7,12-13,16H,5-6,8-10H2,1H3,(H,28,32). The van der Waals surface area contributed by atoms with Crippen LogP contribution in [0.4, 0.5) is 38.3 Å². The molecule has 194 valence electrons. The molecule has 3 aromatic rings. The second-order valence-electron chi connectivity index (χ2n) is 8.89. The Morgan fingerprint density at radius 1 is 1.08 bits per heavy atom. The Hall–Kier alpha value is -3.52. The molecule has 9 nitrogen and oxygen atoms in total. The number of alkyl halides is 6. The van der Waals surface area contributed by atoms with Gasteiger partial charge in [-0.15, -0.1) is 10.2 Å². The van der Waals surface area contributed by atoms with Crippen molar-refractivity contribution >= 4 is 12.0 Å². The molecular weight excluding hydrogens is 496 g/mol. The molecule has 5 rings (SSSR count). The van der Waals surface area contributed by atoms with E-state index in [2.05, 4.69) is 25.6 Å². The van der Waals surface area contributed by atoms with E-state index in [9.17, 15) is 26.3 Å². The third-order valence-electron chi connectivity index (χ3n) is 6.25. The van der Waals surface area contributed by atoms with Gasteiger partial charge in [-0.3, -0.25) is 0 Å². The molecule has 3 heterocycles. The summed E-state index contributed by atoms with van der Waals surface area (Å²) < 4.78 is 89.8. The highest BCUT2D eigenvalue weighted by molar-refractivity contribution is 5.36. The SMILES string of the molecule is Cc1nnc(N2CC3CCC(C2)C3Nc2nc(Oc3cccc(C(F)(F)F)c3)n(CC(F)(F)F)n2)o1. The van der Waals surface area contributed by atoms with Crippen LogP contribution in [0.5, 0.6) is 11.8 Å². The van der Waals surface area contributed by atoms with Crippen molar-refractivity contribution in [2.75, 3.05) is 23.3 Å². The molecule has 1 saturated carbocycles. The van der Waals surface area contributed by atoms with Crippen molar-refractivity contribution in [2.45, 2.75) is 44.7 Å². The number of nitrogens with zero attached hydrogens (tertiary/aromatic N) is 6. The number of fused-ring (bicyclic) bond motifs is 2. The maximum absolute atomic E-state index is 13.1. The molecule has 1 aromatic carbocycles. The summed E-state index contributed by atoms with van der Waals surface area (Å²) in [5.74, 6) is 0.294. The van der Waals surface area contributed by atoms with E-state index in [1.54, 1.807) is 6.92 Å². The summed E-state index contributed by atoms with van der Waals surface area (Å²) in [5.41, 5.74) is -1.000. The molecule has 1 aliphatic heterocycles. The fraction of sp³-hybridized carbons (Fsp3) is 0.524. The Bertz CT molecular complexity index is 1210. The van der Waals surface area contributed by atoms with Crippen molar-refractivity contribution in [3.05, 3.63) is 35.7 Å². The van der Waals surface area contributed by atoms with Crippen molar-refractivity contribution in [2.24, 2.45) is 11.8 Å². The first-order chi connectivity index (χ1) is 16.9. The van der Waals surface area contributed by atoms with Gasteiger partial charge in [0.1, 0.15) is 12.3 Å². The van der Waals surface area contributed by atoms with Crippen molar-refractivity contribution in [1.82, 2.24) is 25.0 Å². The van der Waals surface area contributed by atoms with E-state index >= 15 is 0 Å². The van der Waals surface area contributed by atoms with Gasteiger partial charge >= 0.3 is 24.4 Å². The second-order valence-corrected chi connectivity index (χ2v) is 8.89. The zero-order chi connectivity index (χ0) is 25.7. The predicted octanol–water partition coefficient (Wildman–Crippen LogP) is 4.67. The molecule has 1 N–H and O–H groups in total. The lowest BCUT2D eigenvalue weighted by molar-refractivity contribution is -0.143. The zero-order valence-corrected chi connectivity index (χ0v) is 18.8. The van der Waals surface area contributed by atoms with Crippen molar-refractivity contribution in [3.8, 4) is 11.8 Å². The smallest absolute Gasteiger partial charge is 0.416 e. The van der Waals surface area contributed by atoms with Gasteiger partial charge in [0.15, 0.2) is 0 Å². The van der Waals surface area contributed by atoms with Gasteiger partial charge < -0.3 is 19.4 Å². The fourth-order valence-electron chi connectivity index (χ4n) is 4.76. The Balaban J connectivity index is 1.35. The fourth-order valence-corrected chi connectivity index (χ4v) is 4.76. The first-order valence-corrected chi connectivity index (χ1v) is 11.1. The largest absolute Gasteiger partial charge is 0.424 e. The van der Waals surface area contributed by atoms with E-state index < -0.39 is 30.5 Å². The molecule has 2 bridgehead atoms. The van der Waals surface area contributed by atoms with Crippen LogP contribution in [0.2, 0.25) is 0 Å². The van der Waals surface area contributed by atoms with E-state index in [0.717, 1.165) is 25.0 Å². The highest BCUT2D eigenvalue weighted by atomic mass is 19.4. The van der Waals surface area contributed by atoms with Gasteiger partial charge in [-0.25, -0.2) is 4.68 Å².